The molecule has 96 valence electrons. The summed E-state index contributed by atoms with van der Waals surface area (Å²) in [6.07, 6.45) is 0. The van der Waals surface area contributed by atoms with E-state index in [-0.39, 0.29) is 24.0 Å². The Kier molecular flexibility index (Phi) is 4.66. The van der Waals surface area contributed by atoms with Crippen LogP contribution >= 0.6 is 0 Å². The molecule has 1 atom stereocenters. The van der Waals surface area contributed by atoms with Gasteiger partial charge in [0.2, 0.25) is 0 Å². The molecule has 2 N–H and O–H groups in total. The Morgan fingerprint density at radius 2 is 1.82 bits per heavy atom. The van der Waals surface area contributed by atoms with Crippen LogP contribution in [0.25, 0.3) is 0 Å². The highest BCUT2D eigenvalue weighted by Crippen LogP contribution is 2.22. The van der Waals surface area contributed by atoms with E-state index in [1.165, 1.54) is 12.2 Å². The summed E-state index contributed by atoms with van der Waals surface area (Å²) in [4.78, 5) is 2.45. The maximum absolute atomic E-state index is 5.70. The zero-order valence-corrected chi connectivity index (χ0v) is 13.0. The lowest BCUT2D eigenvalue weighted by Crippen LogP contribution is -3.00. The third-order valence-corrected chi connectivity index (χ3v) is 3.88. The first-order valence-electron chi connectivity index (χ1n) is 5.92. The van der Waals surface area contributed by atoms with E-state index in [4.69, 9.17) is 5.73 Å². The van der Waals surface area contributed by atoms with E-state index in [9.17, 15) is 0 Å². The first-order chi connectivity index (χ1) is 7.49. The lowest BCUT2D eigenvalue weighted by molar-refractivity contribution is -0.913. The number of nitrogen functional groups attached to an aromatic ring is 1. The molecular formula is C13H22IN3. The van der Waals surface area contributed by atoms with Gasteiger partial charge in [0.1, 0.15) is 6.04 Å². The molecule has 1 aliphatic heterocycles. The fourth-order valence-corrected chi connectivity index (χ4v) is 2.15. The summed E-state index contributed by atoms with van der Waals surface area (Å²) in [6.45, 7) is 5.77. The number of quaternary nitrogens is 1. The number of anilines is 2. The van der Waals surface area contributed by atoms with Crippen LogP contribution < -0.4 is 34.6 Å². The standard InChI is InChI=1S/C13H22N3.HI/c1-11-10-15(8-9-16(11,2)3)13-6-4-12(14)5-7-13;/h4-7,11H,8-10,14H2,1-3H3;1H/q+1;/p-1/t11-;/m0./s1. The molecule has 3 nitrogen and oxygen atoms in total. The summed E-state index contributed by atoms with van der Waals surface area (Å²) < 4.78 is 1.12. The van der Waals surface area contributed by atoms with Gasteiger partial charge in [0.15, 0.2) is 0 Å². The largest absolute Gasteiger partial charge is 1.00 e. The quantitative estimate of drug-likeness (QED) is 0.383. The normalized spacial score (nSPS) is 23.0. The maximum Gasteiger partial charge on any atom is 0.104 e. The Labute approximate surface area is 121 Å². The monoisotopic (exact) mass is 347 g/mol. The minimum Gasteiger partial charge on any atom is -1.00 e. The van der Waals surface area contributed by atoms with E-state index in [1.807, 2.05) is 12.1 Å². The highest BCUT2D eigenvalue weighted by molar-refractivity contribution is 5.53. The second kappa shape index (κ2) is 5.44. The summed E-state index contributed by atoms with van der Waals surface area (Å²) in [7, 11) is 4.62. The number of piperazine rings is 1. The molecule has 2 rings (SSSR count). The number of hydrogen-bond acceptors (Lipinski definition) is 2. The van der Waals surface area contributed by atoms with E-state index in [0.717, 1.165) is 23.3 Å². The fourth-order valence-electron chi connectivity index (χ4n) is 2.15. The van der Waals surface area contributed by atoms with Gasteiger partial charge in [0, 0.05) is 11.4 Å². The predicted octanol–water partition coefficient (Wildman–Crippen LogP) is -1.44. The Morgan fingerprint density at radius 3 is 2.35 bits per heavy atom. The Hall–Kier alpha value is -0.490. The van der Waals surface area contributed by atoms with Gasteiger partial charge in [-0.2, -0.15) is 0 Å². The highest BCUT2D eigenvalue weighted by Gasteiger charge is 2.31. The van der Waals surface area contributed by atoms with Crippen LogP contribution in [0, 0.1) is 0 Å². The van der Waals surface area contributed by atoms with Crippen molar-refractivity contribution >= 4 is 11.4 Å². The van der Waals surface area contributed by atoms with Crippen LogP contribution in [0.4, 0.5) is 11.4 Å². The van der Waals surface area contributed by atoms with Crippen LogP contribution in [0.15, 0.2) is 24.3 Å². The van der Waals surface area contributed by atoms with Gasteiger partial charge in [0.25, 0.3) is 0 Å². The van der Waals surface area contributed by atoms with Crippen molar-refractivity contribution in [1.82, 2.24) is 0 Å². The zero-order chi connectivity index (χ0) is 11.8. The molecule has 4 heteroatoms. The molecule has 0 bridgehead atoms. The van der Waals surface area contributed by atoms with E-state index < -0.39 is 0 Å². The van der Waals surface area contributed by atoms with E-state index >= 15 is 0 Å². The molecule has 1 saturated heterocycles. The third kappa shape index (κ3) is 3.25. The van der Waals surface area contributed by atoms with Crippen LogP contribution in [-0.4, -0.2) is 44.3 Å². The molecule has 1 aromatic rings. The highest BCUT2D eigenvalue weighted by atomic mass is 127. The van der Waals surface area contributed by atoms with Crippen molar-refractivity contribution in [2.75, 3.05) is 44.4 Å². The van der Waals surface area contributed by atoms with Gasteiger partial charge in [-0.05, 0) is 31.2 Å². The van der Waals surface area contributed by atoms with Crippen LogP contribution in [0.3, 0.4) is 0 Å². The number of nitrogens with zero attached hydrogens (tertiary/aromatic N) is 2. The summed E-state index contributed by atoms with van der Waals surface area (Å²) in [5.41, 5.74) is 7.84. The average Bonchev–Trinajstić information content (AvgIpc) is 2.24. The number of likely N-dealkylation sites (N-methyl/N-ethyl adjacent to an activating group) is 1. The van der Waals surface area contributed by atoms with E-state index in [2.05, 4.69) is 38.1 Å². The van der Waals surface area contributed by atoms with Crippen molar-refractivity contribution in [2.24, 2.45) is 0 Å². The predicted molar refractivity (Wildman–Crippen MR) is 69.5 cm³/mol. The SMILES string of the molecule is C[C@H]1CN(c2ccc(N)cc2)CC[N+]1(C)C.[I-]. The topological polar surface area (TPSA) is 29.3 Å². The Bertz CT molecular complexity index is 361. The van der Waals surface area contributed by atoms with Crippen LogP contribution in [-0.2, 0) is 0 Å². The molecular weight excluding hydrogens is 325 g/mol. The number of nitrogens with two attached hydrogens (primary N) is 1. The van der Waals surface area contributed by atoms with Gasteiger partial charge < -0.3 is 39.1 Å². The van der Waals surface area contributed by atoms with Crippen molar-refractivity contribution < 1.29 is 28.5 Å². The van der Waals surface area contributed by atoms with Gasteiger partial charge in [-0.3, -0.25) is 0 Å². The van der Waals surface area contributed by atoms with E-state index in [0.29, 0.717) is 6.04 Å². The summed E-state index contributed by atoms with van der Waals surface area (Å²) in [5.74, 6) is 0. The molecule has 1 aliphatic rings. The lowest BCUT2D eigenvalue weighted by atomic mass is 10.1. The van der Waals surface area contributed by atoms with Crippen molar-refractivity contribution in [1.29, 1.82) is 0 Å². The zero-order valence-electron chi connectivity index (χ0n) is 10.9. The molecule has 0 spiro atoms. The van der Waals surface area contributed by atoms with Crippen molar-refractivity contribution in [3.05, 3.63) is 24.3 Å². The first-order valence-corrected chi connectivity index (χ1v) is 5.92. The Morgan fingerprint density at radius 1 is 1.24 bits per heavy atom. The second-order valence-electron chi connectivity index (χ2n) is 5.39. The molecule has 17 heavy (non-hydrogen) atoms. The third-order valence-electron chi connectivity index (χ3n) is 3.88. The number of benzene rings is 1. The van der Waals surface area contributed by atoms with Crippen LogP contribution in [0.5, 0.6) is 0 Å². The van der Waals surface area contributed by atoms with Gasteiger partial charge in [-0.15, -0.1) is 0 Å². The molecule has 0 aliphatic carbocycles. The number of halogens is 1. The summed E-state index contributed by atoms with van der Waals surface area (Å²) in [6, 6.07) is 8.87. The van der Waals surface area contributed by atoms with Gasteiger partial charge >= 0.3 is 0 Å². The minimum absolute atomic E-state index is 0. The second-order valence-corrected chi connectivity index (χ2v) is 5.39. The van der Waals surface area contributed by atoms with Crippen molar-refractivity contribution in [3.8, 4) is 0 Å². The minimum atomic E-state index is 0. The van der Waals surface area contributed by atoms with Gasteiger partial charge in [-0.25, -0.2) is 0 Å². The lowest BCUT2D eigenvalue weighted by Gasteiger charge is -2.45. The smallest absolute Gasteiger partial charge is 0.104 e. The van der Waals surface area contributed by atoms with Crippen LogP contribution in [0.1, 0.15) is 6.92 Å². The average molecular weight is 347 g/mol. The summed E-state index contributed by atoms with van der Waals surface area (Å²) >= 11 is 0. The molecule has 1 fully saturated rings. The molecule has 1 heterocycles. The summed E-state index contributed by atoms with van der Waals surface area (Å²) in [5, 5.41) is 0. The molecule has 0 aromatic heterocycles. The van der Waals surface area contributed by atoms with Crippen LogP contribution in [0.2, 0.25) is 0 Å². The molecule has 0 radical (unpaired) electrons. The molecule has 1 aromatic carbocycles. The fraction of sp³-hybridized carbons (Fsp3) is 0.538. The Balaban J connectivity index is 0.00000144. The number of rotatable bonds is 1. The van der Waals surface area contributed by atoms with Gasteiger partial charge in [-0.1, -0.05) is 0 Å². The van der Waals surface area contributed by atoms with Crippen molar-refractivity contribution in [3.63, 3.8) is 0 Å². The number of hydrogen-bond donors (Lipinski definition) is 1. The maximum atomic E-state index is 5.70. The molecule has 0 amide bonds. The van der Waals surface area contributed by atoms with Gasteiger partial charge in [0.05, 0.1) is 33.7 Å². The van der Waals surface area contributed by atoms with Crippen molar-refractivity contribution in [2.45, 2.75) is 13.0 Å². The molecule has 0 unspecified atom stereocenters. The molecule has 0 saturated carbocycles. The van der Waals surface area contributed by atoms with E-state index in [1.54, 1.807) is 0 Å². The first kappa shape index (κ1) is 14.6.